The van der Waals surface area contributed by atoms with E-state index in [0.29, 0.717) is 6.01 Å². The van der Waals surface area contributed by atoms with Crippen molar-refractivity contribution in [1.82, 2.24) is 10.3 Å². The molecule has 0 amide bonds. The van der Waals surface area contributed by atoms with Crippen molar-refractivity contribution in [2.24, 2.45) is 0 Å². The minimum absolute atomic E-state index is 0.0874. The van der Waals surface area contributed by atoms with E-state index in [9.17, 15) is 0 Å². The van der Waals surface area contributed by atoms with Crippen molar-refractivity contribution >= 4 is 6.01 Å². The highest BCUT2D eigenvalue weighted by molar-refractivity contribution is 5.29. The van der Waals surface area contributed by atoms with Gasteiger partial charge in [0.1, 0.15) is 6.26 Å². The van der Waals surface area contributed by atoms with E-state index in [1.54, 1.807) is 13.4 Å². The summed E-state index contributed by atoms with van der Waals surface area (Å²) >= 11 is 0. The van der Waals surface area contributed by atoms with Crippen molar-refractivity contribution in [3.63, 3.8) is 0 Å². The summed E-state index contributed by atoms with van der Waals surface area (Å²) in [5.74, 6) is 0. The maximum Gasteiger partial charge on any atom is 0.297 e. The number of piperidine rings is 1. The first-order chi connectivity index (χ1) is 8.17. The van der Waals surface area contributed by atoms with Crippen LogP contribution in [0.25, 0.3) is 0 Å². The predicted octanol–water partition coefficient (Wildman–Crippen LogP) is 1.40. The second-order valence-electron chi connectivity index (χ2n) is 4.83. The Morgan fingerprint density at radius 3 is 3.18 bits per heavy atom. The van der Waals surface area contributed by atoms with Gasteiger partial charge in [0.25, 0.3) is 6.01 Å². The molecule has 2 rings (SSSR count). The molecule has 2 heterocycles. The van der Waals surface area contributed by atoms with Crippen molar-refractivity contribution in [3.05, 3.63) is 12.0 Å². The third-order valence-electron chi connectivity index (χ3n) is 3.32. The third-order valence-corrected chi connectivity index (χ3v) is 3.32. The first-order valence-electron chi connectivity index (χ1n) is 6.06. The van der Waals surface area contributed by atoms with Crippen LogP contribution in [0.2, 0.25) is 0 Å². The van der Waals surface area contributed by atoms with E-state index in [1.807, 2.05) is 7.05 Å². The zero-order valence-corrected chi connectivity index (χ0v) is 10.8. The number of nitrogens with one attached hydrogen (secondary N) is 1. The van der Waals surface area contributed by atoms with Gasteiger partial charge in [-0.15, -0.1) is 0 Å². The van der Waals surface area contributed by atoms with Gasteiger partial charge in [0.2, 0.25) is 0 Å². The summed E-state index contributed by atoms with van der Waals surface area (Å²) in [4.78, 5) is 6.62. The van der Waals surface area contributed by atoms with E-state index in [1.165, 1.54) is 0 Å². The summed E-state index contributed by atoms with van der Waals surface area (Å²) in [7, 11) is 3.67. The summed E-state index contributed by atoms with van der Waals surface area (Å²) in [5.41, 5.74) is 0.850. The van der Waals surface area contributed by atoms with Crippen molar-refractivity contribution in [2.75, 3.05) is 32.1 Å². The van der Waals surface area contributed by atoms with Gasteiger partial charge in [-0.1, -0.05) is 0 Å². The van der Waals surface area contributed by atoms with Gasteiger partial charge in [0.05, 0.1) is 17.8 Å². The first kappa shape index (κ1) is 12.4. The van der Waals surface area contributed by atoms with Crippen LogP contribution in [0.1, 0.15) is 25.5 Å². The van der Waals surface area contributed by atoms with Gasteiger partial charge in [-0.25, -0.2) is 0 Å². The minimum atomic E-state index is -0.0874. The molecule has 1 unspecified atom stereocenters. The molecule has 0 spiro atoms. The van der Waals surface area contributed by atoms with Crippen LogP contribution in [-0.2, 0) is 11.3 Å². The number of hydrogen-bond donors (Lipinski definition) is 1. The molecule has 0 saturated carbocycles. The highest BCUT2D eigenvalue weighted by atomic mass is 16.5. The quantitative estimate of drug-likeness (QED) is 0.860. The monoisotopic (exact) mass is 239 g/mol. The molecule has 1 atom stereocenters. The fraction of sp³-hybridized carbons (Fsp3) is 0.750. The standard InChI is InChI=1S/C12H21N3O2/c1-12(16-3)5-4-6-15(9-12)11-14-10(7-13-2)8-17-11/h8,13H,4-7,9H2,1-3H3. The number of nitrogens with zero attached hydrogens (tertiary/aromatic N) is 2. The van der Waals surface area contributed by atoms with E-state index in [0.717, 1.165) is 38.2 Å². The number of hydrogen-bond acceptors (Lipinski definition) is 5. The lowest BCUT2D eigenvalue weighted by Crippen LogP contribution is -2.47. The molecule has 17 heavy (non-hydrogen) atoms. The first-order valence-corrected chi connectivity index (χ1v) is 6.06. The summed E-state index contributed by atoms with van der Waals surface area (Å²) in [6, 6.07) is 0.707. The largest absolute Gasteiger partial charge is 0.432 e. The van der Waals surface area contributed by atoms with Crippen LogP contribution >= 0.6 is 0 Å². The molecule has 0 bridgehead atoms. The van der Waals surface area contributed by atoms with Gasteiger partial charge in [0.15, 0.2) is 0 Å². The summed E-state index contributed by atoms with van der Waals surface area (Å²) < 4.78 is 11.1. The smallest absolute Gasteiger partial charge is 0.297 e. The fourth-order valence-corrected chi connectivity index (χ4v) is 2.24. The van der Waals surface area contributed by atoms with Gasteiger partial charge < -0.3 is 19.4 Å². The zero-order valence-electron chi connectivity index (χ0n) is 10.8. The molecule has 1 aromatic rings. The molecule has 1 saturated heterocycles. The molecule has 1 N–H and O–H groups in total. The van der Waals surface area contributed by atoms with Gasteiger partial charge in [-0.05, 0) is 26.8 Å². The van der Waals surface area contributed by atoms with Crippen LogP contribution in [0, 0.1) is 0 Å². The van der Waals surface area contributed by atoms with Crippen LogP contribution in [0.15, 0.2) is 10.7 Å². The van der Waals surface area contributed by atoms with Gasteiger partial charge in [0, 0.05) is 20.2 Å². The van der Waals surface area contributed by atoms with E-state index in [4.69, 9.17) is 9.15 Å². The SMILES string of the molecule is CNCc1coc(N2CCCC(C)(OC)C2)n1. The van der Waals surface area contributed by atoms with Gasteiger partial charge >= 0.3 is 0 Å². The van der Waals surface area contributed by atoms with Crippen LogP contribution in [0.5, 0.6) is 0 Å². The molecule has 5 nitrogen and oxygen atoms in total. The second-order valence-corrected chi connectivity index (χ2v) is 4.83. The molecule has 96 valence electrons. The lowest BCUT2D eigenvalue weighted by molar-refractivity contribution is -0.00564. The second kappa shape index (κ2) is 5.06. The Bertz CT molecular complexity index is 366. The van der Waals surface area contributed by atoms with Crippen LogP contribution in [0.3, 0.4) is 0 Å². The third kappa shape index (κ3) is 2.79. The van der Waals surface area contributed by atoms with Crippen LogP contribution in [-0.4, -0.2) is 37.8 Å². The summed E-state index contributed by atoms with van der Waals surface area (Å²) in [5, 5.41) is 3.06. The summed E-state index contributed by atoms with van der Waals surface area (Å²) in [6.45, 7) is 4.69. The Hall–Kier alpha value is -1.07. The molecule has 0 aromatic carbocycles. The fourth-order valence-electron chi connectivity index (χ4n) is 2.24. The van der Waals surface area contributed by atoms with E-state index in [-0.39, 0.29) is 5.60 Å². The summed E-state index contributed by atoms with van der Waals surface area (Å²) in [6.07, 6.45) is 3.91. The normalized spacial score (nSPS) is 25.2. The molecular formula is C12H21N3O2. The maximum absolute atomic E-state index is 5.56. The van der Waals surface area contributed by atoms with E-state index in [2.05, 4.69) is 22.1 Å². The maximum atomic E-state index is 5.56. The minimum Gasteiger partial charge on any atom is -0.432 e. The number of anilines is 1. The molecule has 0 radical (unpaired) electrons. The molecule has 1 aliphatic rings. The Balaban J connectivity index is 2.05. The van der Waals surface area contributed by atoms with E-state index >= 15 is 0 Å². The Labute approximate surface area is 102 Å². The Kier molecular flexibility index (Phi) is 3.69. The molecule has 1 fully saturated rings. The Morgan fingerprint density at radius 1 is 1.65 bits per heavy atom. The molecule has 1 aromatic heterocycles. The lowest BCUT2D eigenvalue weighted by Gasteiger charge is -2.38. The zero-order chi connectivity index (χ0) is 12.3. The van der Waals surface area contributed by atoms with E-state index < -0.39 is 0 Å². The predicted molar refractivity (Wildman–Crippen MR) is 66.1 cm³/mol. The highest BCUT2D eigenvalue weighted by Gasteiger charge is 2.32. The van der Waals surface area contributed by atoms with Crippen LogP contribution < -0.4 is 10.2 Å². The topological polar surface area (TPSA) is 50.5 Å². The highest BCUT2D eigenvalue weighted by Crippen LogP contribution is 2.27. The number of methoxy groups -OCH3 is 1. The van der Waals surface area contributed by atoms with Gasteiger partial charge in [-0.3, -0.25) is 0 Å². The average Bonchev–Trinajstić information content (AvgIpc) is 2.78. The van der Waals surface area contributed by atoms with Crippen molar-refractivity contribution < 1.29 is 9.15 Å². The van der Waals surface area contributed by atoms with Crippen molar-refractivity contribution in [3.8, 4) is 0 Å². The number of ether oxygens (including phenoxy) is 1. The number of oxazole rings is 1. The molecule has 5 heteroatoms. The number of aromatic nitrogens is 1. The van der Waals surface area contributed by atoms with Crippen LogP contribution in [0.4, 0.5) is 6.01 Å². The Morgan fingerprint density at radius 2 is 2.47 bits per heavy atom. The van der Waals surface area contributed by atoms with Crippen molar-refractivity contribution in [2.45, 2.75) is 31.9 Å². The molecule has 1 aliphatic heterocycles. The average molecular weight is 239 g/mol. The molecular weight excluding hydrogens is 218 g/mol. The molecule has 0 aliphatic carbocycles. The van der Waals surface area contributed by atoms with Crippen molar-refractivity contribution in [1.29, 1.82) is 0 Å². The lowest BCUT2D eigenvalue weighted by atomic mass is 9.95. The number of rotatable bonds is 4. The van der Waals surface area contributed by atoms with Gasteiger partial charge in [-0.2, -0.15) is 4.98 Å².